The van der Waals surface area contributed by atoms with Gasteiger partial charge < -0.3 is 20.1 Å². The van der Waals surface area contributed by atoms with Gasteiger partial charge >= 0.3 is 0 Å². The van der Waals surface area contributed by atoms with Gasteiger partial charge in [-0.25, -0.2) is 0 Å². The number of benzene rings is 4. The lowest BCUT2D eigenvalue weighted by molar-refractivity contribution is 0.0976. The van der Waals surface area contributed by atoms with Crippen LogP contribution in [0.3, 0.4) is 0 Å². The van der Waals surface area contributed by atoms with Crippen molar-refractivity contribution in [2.24, 2.45) is 0 Å². The number of carbonyl (C=O) groups is 2. The van der Waals surface area contributed by atoms with Crippen molar-refractivity contribution >= 4 is 40.5 Å². The highest BCUT2D eigenvalue weighted by Crippen LogP contribution is 2.17. The van der Waals surface area contributed by atoms with Crippen LogP contribution in [0.2, 0.25) is 0 Å². The fourth-order valence-corrected chi connectivity index (χ4v) is 3.55. The highest BCUT2D eigenvalue weighted by atomic mass is 32.1. The zero-order chi connectivity index (χ0) is 25.9. The van der Waals surface area contributed by atoms with E-state index in [1.807, 2.05) is 36.4 Å². The standard InChI is InChI=1S/C29H25N3O4S/c33-27(21-8-3-1-4-9-21)30-23-10-7-11-24(20-23)31-29(37)32-28(34)22-14-16-26(17-15-22)36-19-18-35-25-12-5-2-6-13-25/h1-17,20H,18-19H2,(H,30,33)(H2,31,32,34,37). The van der Waals surface area contributed by atoms with E-state index in [-0.39, 0.29) is 16.9 Å². The third-order valence-electron chi connectivity index (χ3n) is 5.12. The zero-order valence-corrected chi connectivity index (χ0v) is 20.7. The molecule has 8 heteroatoms. The Hall–Kier alpha value is -4.69. The van der Waals surface area contributed by atoms with Crippen molar-refractivity contribution in [1.29, 1.82) is 0 Å². The number of hydrogen-bond donors (Lipinski definition) is 3. The number of para-hydroxylation sites is 1. The summed E-state index contributed by atoms with van der Waals surface area (Å²) < 4.78 is 11.3. The summed E-state index contributed by atoms with van der Waals surface area (Å²) in [6.45, 7) is 0.780. The summed E-state index contributed by atoms with van der Waals surface area (Å²) in [5, 5.41) is 8.59. The van der Waals surface area contributed by atoms with Crippen molar-refractivity contribution in [3.63, 3.8) is 0 Å². The van der Waals surface area contributed by atoms with Crippen molar-refractivity contribution in [1.82, 2.24) is 5.32 Å². The van der Waals surface area contributed by atoms with Crippen LogP contribution >= 0.6 is 12.2 Å². The molecular weight excluding hydrogens is 486 g/mol. The van der Waals surface area contributed by atoms with Crippen molar-refractivity contribution in [3.05, 3.63) is 120 Å². The van der Waals surface area contributed by atoms with Gasteiger partial charge in [-0.05, 0) is 78.9 Å². The first-order valence-corrected chi connectivity index (χ1v) is 12.0. The number of hydrogen-bond acceptors (Lipinski definition) is 5. The van der Waals surface area contributed by atoms with E-state index in [1.54, 1.807) is 72.8 Å². The molecule has 0 heterocycles. The Labute approximate surface area is 220 Å². The molecule has 0 saturated carbocycles. The molecule has 0 bridgehead atoms. The van der Waals surface area contributed by atoms with Crippen LogP contribution in [0.1, 0.15) is 20.7 Å². The van der Waals surface area contributed by atoms with Crippen LogP contribution in [0.5, 0.6) is 11.5 Å². The fourth-order valence-electron chi connectivity index (χ4n) is 3.34. The molecule has 0 aromatic heterocycles. The van der Waals surface area contributed by atoms with E-state index < -0.39 is 0 Å². The minimum absolute atomic E-state index is 0.134. The molecule has 0 fully saturated rings. The Morgan fingerprint density at radius 2 is 1.14 bits per heavy atom. The number of anilines is 2. The average molecular weight is 512 g/mol. The first-order chi connectivity index (χ1) is 18.1. The van der Waals surface area contributed by atoms with Gasteiger partial charge in [-0.15, -0.1) is 0 Å². The third kappa shape index (κ3) is 7.91. The monoisotopic (exact) mass is 511 g/mol. The quantitative estimate of drug-likeness (QED) is 0.202. The molecule has 0 aliphatic rings. The van der Waals surface area contributed by atoms with Crippen LogP contribution in [0.25, 0.3) is 0 Å². The number of amides is 2. The van der Waals surface area contributed by atoms with Gasteiger partial charge in [0.05, 0.1) is 0 Å². The zero-order valence-electron chi connectivity index (χ0n) is 19.8. The van der Waals surface area contributed by atoms with E-state index in [9.17, 15) is 9.59 Å². The van der Waals surface area contributed by atoms with E-state index >= 15 is 0 Å². The maximum absolute atomic E-state index is 12.6. The number of ether oxygens (including phenoxy) is 2. The van der Waals surface area contributed by atoms with Crippen molar-refractivity contribution < 1.29 is 19.1 Å². The van der Waals surface area contributed by atoms with E-state index in [2.05, 4.69) is 16.0 Å². The average Bonchev–Trinajstić information content (AvgIpc) is 2.92. The first-order valence-electron chi connectivity index (χ1n) is 11.6. The maximum Gasteiger partial charge on any atom is 0.257 e. The molecule has 0 aliphatic heterocycles. The molecule has 0 radical (unpaired) electrons. The van der Waals surface area contributed by atoms with E-state index in [0.29, 0.717) is 41.5 Å². The minimum atomic E-state index is -0.356. The highest BCUT2D eigenvalue weighted by Gasteiger charge is 2.10. The normalized spacial score (nSPS) is 10.2. The molecule has 2 amide bonds. The second-order valence-electron chi connectivity index (χ2n) is 7.84. The largest absolute Gasteiger partial charge is 0.490 e. The van der Waals surface area contributed by atoms with Crippen molar-refractivity contribution in [3.8, 4) is 11.5 Å². The van der Waals surface area contributed by atoms with Crippen LogP contribution in [-0.2, 0) is 0 Å². The molecule has 0 saturated heterocycles. The summed E-state index contributed by atoms with van der Waals surface area (Å²) in [7, 11) is 0. The lowest BCUT2D eigenvalue weighted by atomic mass is 10.2. The van der Waals surface area contributed by atoms with Crippen LogP contribution in [0.15, 0.2) is 109 Å². The van der Waals surface area contributed by atoms with Gasteiger partial charge in [-0.1, -0.05) is 42.5 Å². The molecule has 37 heavy (non-hydrogen) atoms. The number of rotatable bonds is 9. The van der Waals surface area contributed by atoms with E-state index in [4.69, 9.17) is 21.7 Å². The SMILES string of the molecule is O=C(NC(=S)Nc1cccc(NC(=O)c2ccccc2)c1)c1ccc(OCCOc2ccccc2)cc1. The second kappa shape index (κ2) is 12.9. The topological polar surface area (TPSA) is 88.7 Å². The number of thiocarbonyl (C=S) groups is 1. The van der Waals surface area contributed by atoms with E-state index in [1.165, 1.54) is 0 Å². The number of carbonyl (C=O) groups excluding carboxylic acids is 2. The Bertz CT molecular complexity index is 1350. The van der Waals surface area contributed by atoms with Gasteiger partial charge in [0.15, 0.2) is 5.11 Å². The molecule has 0 spiro atoms. The molecule has 0 atom stereocenters. The van der Waals surface area contributed by atoms with Gasteiger partial charge in [-0.2, -0.15) is 0 Å². The Morgan fingerprint density at radius 3 is 1.78 bits per heavy atom. The van der Waals surface area contributed by atoms with Crippen molar-refractivity contribution in [2.75, 3.05) is 23.8 Å². The van der Waals surface area contributed by atoms with Crippen LogP contribution in [-0.4, -0.2) is 30.1 Å². The molecule has 4 aromatic carbocycles. The molecular formula is C29H25N3O4S. The van der Waals surface area contributed by atoms with Gasteiger partial charge in [0.1, 0.15) is 24.7 Å². The maximum atomic E-state index is 12.6. The summed E-state index contributed by atoms with van der Waals surface area (Å²) >= 11 is 5.29. The highest BCUT2D eigenvalue weighted by molar-refractivity contribution is 7.80. The lowest BCUT2D eigenvalue weighted by Crippen LogP contribution is -2.34. The summed E-state index contributed by atoms with van der Waals surface area (Å²) in [5.74, 6) is 0.837. The molecule has 0 aliphatic carbocycles. The summed E-state index contributed by atoms with van der Waals surface area (Å²) in [4.78, 5) is 25.0. The predicted molar refractivity (Wildman–Crippen MR) is 148 cm³/mol. The van der Waals surface area contributed by atoms with Crippen LogP contribution in [0.4, 0.5) is 11.4 Å². The van der Waals surface area contributed by atoms with Crippen LogP contribution < -0.4 is 25.4 Å². The molecule has 7 nitrogen and oxygen atoms in total. The second-order valence-corrected chi connectivity index (χ2v) is 8.25. The Kier molecular flexibility index (Phi) is 8.82. The van der Waals surface area contributed by atoms with Gasteiger partial charge in [0, 0.05) is 22.5 Å². The van der Waals surface area contributed by atoms with Crippen molar-refractivity contribution in [2.45, 2.75) is 0 Å². The summed E-state index contributed by atoms with van der Waals surface area (Å²) in [6, 6.07) is 32.2. The Morgan fingerprint density at radius 1 is 0.595 bits per heavy atom. The first kappa shape index (κ1) is 25.4. The predicted octanol–water partition coefficient (Wildman–Crippen LogP) is 5.52. The summed E-state index contributed by atoms with van der Waals surface area (Å²) in [6.07, 6.45) is 0. The van der Waals surface area contributed by atoms with E-state index in [0.717, 1.165) is 5.75 Å². The van der Waals surface area contributed by atoms with Gasteiger partial charge in [0.25, 0.3) is 11.8 Å². The lowest BCUT2D eigenvalue weighted by Gasteiger charge is -2.12. The van der Waals surface area contributed by atoms with Gasteiger partial charge in [-0.3, -0.25) is 14.9 Å². The summed E-state index contributed by atoms with van der Waals surface area (Å²) in [5.41, 5.74) is 2.21. The third-order valence-corrected chi connectivity index (χ3v) is 5.33. The molecule has 3 N–H and O–H groups in total. The van der Waals surface area contributed by atoms with Crippen LogP contribution in [0, 0.1) is 0 Å². The molecule has 0 unspecified atom stereocenters. The van der Waals surface area contributed by atoms with Gasteiger partial charge in [0.2, 0.25) is 0 Å². The fraction of sp³-hybridized carbons (Fsp3) is 0.0690. The minimum Gasteiger partial charge on any atom is -0.490 e. The molecule has 186 valence electrons. The Balaban J connectivity index is 1.23. The number of nitrogens with one attached hydrogen (secondary N) is 3. The molecule has 4 rings (SSSR count). The smallest absolute Gasteiger partial charge is 0.257 e. The molecule has 4 aromatic rings.